The normalized spacial score (nSPS) is 9.42. The Labute approximate surface area is 139 Å². The third kappa shape index (κ3) is 4.43. The zero-order chi connectivity index (χ0) is 17.4. The molecule has 0 aliphatic carbocycles. The zero-order valence-corrected chi connectivity index (χ0v) is 12.7. The van der Waals surface area contributed by atoms with Crippen LogP contribution in [0.5, 0.6) is 0 Å². The molecule has 2 rings (SSSR count). The molecule has 0 spiro atoms. The SMILES string of the molecule is N#Cc1ccc(C(=O)NCCNC(=O)c2ccc(C#N)cc2)cc1. The lowest BCUT2D eigenvalue weighted by Gasteiger charge is -2.07. The largest absolute Gasteiger partial charge is 0.350 e. The summed E-state index contributed by atoms with van der Waals surface area (Å²) in [5.41, 5.74) is 1.88. The van der Waals surface area contributed by atoms with Gasteiger partial charge in [-0.2, -0.15) is 10.5 Å². The minimum atomic E-state index is -0.271. The molecule has 0 atom stereocenters. The van der Waals surface area contributed by atoms with E-state index in [-0.39, 0.29) is 24.9 Å². The Hall–Kier alpha value is -3.64. The van der Waals surface area contributed by atoms with Gasteiger partial charge in [0.1, 0.15) is 0 Å². The Morgan fingerprint density at radius 1 is 0.708 bits per heavy atom. The van der Waals surface area contributed by atoms with E-state index in [0.717, 1.165) is 0 Å². The number of amides is 2. The summed E-state index contributed by atoms with van der Waals surface area (Å²) in [6, 6.07) is 16.5. The van der Waals surface area contributed by atoms with Gasteiger partial charge in [-0.25, -0.2) is 0 Å². The summed E-state index contributed by atoms with van der Waals surface area (Å²) in [5, 5.41) is 22.8. The van der Waals surface area contributed by atoms with Gasteiger partial charge in [0.05, 0.1) is 23.3 Å². The van der Waals surface area contributed by atoms with Gasteiger partial charge in [-0.05, 0) is 48.5 Å². The molecule has 0 unspecified atom stereocenters. The maximum absolute atomic E-state index is 11.9. The standard InChI is InChI=1S/C18H14N4O2/c19-11-13-1-5-15(6-2-13)17(23)21-9-10-22-18(24)16-7-3-14(12-20)4-8-16/h1-8H,9-10H2,(H,21,23)(H,22,24). The molecule has 2 amide bonds. The molecule has 118 valence electrons. The van der Waals surface area contributed by atoms with Crippen molar-refractivity contribution in [2.24, 2.45) is 0 Å². The summed E-state index contributed by atoms with van der Waals surface area (Å²) in [6.45, 7) is 0.557. The van der Waals surface area contributed by atoms with E-state index in [1.165, 1.54) is 0 Å². The molecule has 0 saturated heterocycles. The fourth-order valence-corrected chi connectivity index (χ4v) is 1.95. The summed E-state index contributed by atoms with van der Waals surface area (Å²) in [6.07, 6.45) is 0. The Morgan fingerprint density at radius 3 is 1.33 bits per heavy atom. The van der Waals surface area contributed by atoms with Gasteiger partial charge in [0.15, 0.2) is 0 Å². The molecule has 6 nitrogen and oxygen atoms in total. The van der Waals surface area contributed by atoms with E-state index >= 15 is 0 Å². The topological polar surface area (TPSA) is 106 Å². The van der Waals surface area contributed by atoms with Gasteiger partial charge in [0.25, 0.3) is 11.8 Å². The second kappa shape index (κ2) is 8.11. The van der Waals surface area contributed by atoms with Gasteiger partial charge >= 0.3 is 0 Å². The van der Waals surface area contributed by atoms with E-state index in [2.05, 4.69) is 10.6 Å². The first kappa shape index (κ1) is 16.7. The second-order valence-corrected chi connectivity index (χ2v) is 4.89. The lowest BCUT2D eigenvalue weighted by Crippen LogP contribution is -2.34. The number of rotatable bonds is 5. The van der Waals surface area contributed by atoms with Crippen molar-refractivity contribution in [3.63, 3.8) is 0 Å². The monoisotopic (exact) mass is 318 g/mol. The quantitative estimate of drug-likeness (QED) is 0.816. The number of hydrogen-bond acceptors (Lipinski definition) is 4. The average molecular weight is 318 g/mol. The van der Waals surface area contributed by atoms with Crippen LogP contribution >= 0.6 is 0 Å². The highest BCUT2D eigenvalue weighted by Crippen LogP contribution is 2.04. The van der Waals surface area contributed by atoms with Crippen molar-refractivity contribution >= 4 is 11.8 Å². The van der Waals surface area contributed by atoms with Gasteiger partial charge in [-0.1, -0.05) is 0 Å². The minimum absolute atomic E-state index is 0.271. The van der Waals surface area contributed by atoms with E-state index in [1.54, 1.807) is 48.5 Å². The summed E-state index contributed by atoms with van der Waals surface area (Å²) in [4.78, 5) is 23.8. The summed E-state index contributed by atoms with van der Waals surface area (Å²) < 4.78 is 0. The second-order valence-electron chi connectivity index (χ2n) is 4.89. The summed E-state index contributed by atoms with van der Waals surface area (Å²) in [7, 11) is 0. The molecule has 0 bridgehead atoms. The van der Waals surface area contributed by atoms with Crippen LogP contribution in [-0.4, -0.2) is 24.9 Å². The van der Waals surface area contributed by atoms with Crippen molar-refractivity contribution in [1.29, 1.82) is 10.5 Å². The fraction of sp³-hybridized carbons (Fsp3) is 0.111. The maximum Gasteiger partial charge on any atom is 0.251 e. The van der Waals surface area contributed by atoms with Crippen LogP contribution in [0, 0.1) is 22.7 Å². The molecule has 2 aromatic carbocycles. The number of nitrogens with one attached hydrogen (secondary N) is 2. The smallest absolute Gasteiger partial charge is 0.251 e. The lowest BCUT2D eigenvalue weighted by molar-refractivity contribution is 0.0927. The first-order chi connectivity index (χ1) is 11.6. The van der Waals surface area contributed by atoms with Gasteiger partial charge in [-0.3, -0.25) is 9.59 Å². The van der Waals surface area contributed by atoms with Crippen LogP contribution < -0.4 is 10.6 Å². The minimum Gasteiger partial charge on any atom is -0.350 e. The van der Waals surface area contributed by atoms with Gasteiger partial charge in [0, 0.05) is 24.2 Å². The predicted molar refractivity (Wildman–Crippen MR) is 87.0 cm³/mol. The number of nitriles is 2. The number of hydrogen-bond donors (Lipinski definition) is 2. The summed E-state index contributed by atoms with van der Waals surface area (Å²) in [5.74, 6) is -0.542. The lowest BCUT2D eigenvalue weighted by atomic mass is 10.1. The highest BCUT2D eigenvalue weighted by molar-refractivity contribution is 5.95. The molecule has 0 aliphatic rings. The molecular weight excluding hydrogens is 304 g/mol. The van der Waals surface area contributed by atoms with Crippen molar-refractivity contribution in [1.82, 2.24) is 10.6 Å². The van der Waals surface area contributed by atoms with Crippen molar-refractivity contribution in [2.75, 3.05) is 13.1 Å². The maximum atomic E-state index is 11.9. The molecule has 2 N–H and O–H groups in total. The van der Waals surface area contributed by atoms with E-state index < -0.39 is 0 Å². The number of nitrogens with zero attached hydrogens (tertiary/aromatic N) is 2. The van der Waals surface area contributed by atoms with Crippen LogP contribution in [0.4, 0.5) is 0 Å². The average Bonchev–Trinajstić information content (AvgIpc) is 2.65. The van der Waals surface area contributed by atoms with Crippen molar-refractivity contribution in [3.05, 3.63) is 70.8 Å². The van der Waals surface area contributed by atoms with E-state index in [4.69, 9.17) is 10.5 Å². The molecule has 0 saturated carbocycles. The predicted octanol–water partition coefficient (Wildman–Crippen LogP) is 1.59. The van der Waals surface area contributed by atoms with Crippen LogP contribution in [0.15, 0.2) is 48.5 Å². The molecule has 0 heterocycles. The van der Waals surface area contributed by atoms with E-state index in [1.807, 2.05) is 12.1 Å². The third-order valence-corrected chi connectivity index (χ3v) is 3.25. The molecule has 6 heteroatoms. The summed E-state index contributed by atoms with van der Waals surface area (Å²) >= 11 is 0. The highest BCUT2D eigenvalue weighted by Gasteiger charge is 2.07. The van der Waals surface area contributed by atoms with Crippen molar-refractivity contribution < 1.29 is 9.59 Å². The van der Waals surface area contributed by atoms with Gasteiger partial charge < -0.3 is 10.6 Å². The van der Waals surface area contributed by atoms with Crippen LogP contribution in [0.1, 0.15) is 31.8 Å². The third-order valence-electron chi connectivity index (χ3n) is 3.25. The molecule has 0 aliphatic heterocycles. The van der Waals surface area contributed by atoms with E-state index in [0.29, 0.717) is 22.3 Å². The number of carbonyl (C=O) groups is 2. The first-order valence-corrected chi connectivity index (χ1v) is 7.21. The van der Waals surface area contributed by atoms with Gasteiger partial charge in [-0.15, -0.1) is 0 Å². The highest BCUT2D eigenvalue weighted by atomic mass is 16.2. The number of benzene rings is 2. The molecule has 0 radical (unpaired) electrons. The van der Waals surface area contributed by atoms with Crippen molar-refractivity contribution in [2.45, 2.75) is 0 Å². The van der Waals surface area contributed by atoms with E-state index in [9.17, 15) is 9.59 Å². The Kier molecular flexibility index (Phi) is 5.65. The van der Waals surface area contributed by atoms with Crippen LogP contribution in [0.3, 0.4) is 0 Å². The fourth-order valence-electron chi connectivity index (χ4n) is 1.95. The molecule has 0 aromatic heterocycles. The van der Waals surface area contributed by atoms with Gasteiger partial charge in [0.2, 0.25) is 0 Å². The number of carbonyl (C=O) groups excluding carboxylic acids is 2. The van der Waals surface area contributed by atoms with Crippen LogP contribution in [0.2, 0.25) is 0 Å². The Morgan fingerprint density at radius 2 is 1.04 bits per heavy atom. The zero-order valence-electron chi connectivity index (χ0n) is 12.7. The molecule has 24 heavy (non-hydrogen) atoms. The first-order valence-electron chi connectivity index (χ1n) is 7.21. The molecular formula is C18H14N4O2. The Balaban J connectivity index is 1.77. The molecule has 0 fully saturated rings. The van der Waals surface area contributed by atoms with Crippen molar-refractivity contribution in [3.8, 4) is 12.1 Å². The molecule has 2 aromatic rings. The Bertz CT molecular complexity index is 741. The van der Waals surface area contributed by atoms with Crippen LogP contribution in [0.25, 0.3) is 0 Å². The van der Waals surface area contributed by atoms with Crippen LogP contribution in [-0.2, 0) is 0 Å².